The lowest BCUT2D eigenvalue weighted by Crippen LogP contribution is -2.56. The molecule has 1 saturated carbocycles. The van der Waals surface area contributed by atoms with Crippen molar-refractivity contribution in [2.24, 2.45) is 0 Å². The molecule has 2 unspecified atom stereocenters. The molecule has 1 saturated heterocycles. The maximum atomic E-state index is 15.1. The number of amides is 3. The van der Waals surface area contributed by atoms with Gasteiger partial charge in [-0.25, -0.2) is 32.2 Å². The van der Waals surface area contributed by atoms with Crippen molar-refractivity contribution in [1.82, 2.24) is 10.3 Å². The lowest BCUT2D eigenvalue weighted by Gasteiger charge is -2.38. The number of carbonyl (C=O) groups is 3. The van der Waals surface area contributed by atoms with E-state index in [4.69, 9.17) is 4.74 Å². The SMILES string of the molecule is O=C(NC1CC(F)(F)C1)C(c1ccccc1F)N(C(=O)C1COC(=O)N1c1cscn1)c1cccc(F)c1. The predicted molar refractivity (Wildman–Crippen MR) is 129 cm³/mol. The summed E-state index contributed by atoms with van der Waals surface area (Å²) in [6.45, 7) is -0.415. The van der Waals surface area contributed by atoms with E-state index in [9.17, 15) is 27.6 Å². The van der Waals surface area contributed by atoms with Gasteiger partial charge in [-0.1, -0.05) is 24.3 Å². The smallest absolute Gasteiger partial charge is 0.416 e. The molecule has 1 aromatic heterocycles. The number of carbonyl (C=O) groups excluding carboxylic acids is 3. The Morgan fingerprint density at radius 3 is 2.58 bits per heavy atom. The molecule has 8 nitrogen and oxygen atoms in total. The van der Waals surface area contributed by atoms with E-state index in [1.54, 1.807) is 0 Å². The fourth-order valence-corrected chi connectivity index (χ4v) is 5.04. The van der Waals surface area contributed by atoms with Gasteiger partial charge in [0.1, 0.15) is 30.1 Å². The van der Waals surface area contributed by atoms with Crippen molar-refractivity contribution in [2.75, 3.05) is 16.4 Å². The fourth-order valence-electron chi connectivity index (χ4n) is 4.51. The molecule has 1 N–H and O–H groups in total. The molecule has 2 fully saturated rings. The number of nitrogens with one attached hydrogen (secondary N) is 1. The van der Waals surface area contributed by atoms with Crippen LogP contribution in [0.1, 0.15) is 24.4 Å². The molecule has 1 aliphatic carbocycles. The lowest BCUT2D eigenvalue weighted by molar-refractivity contribution is -0.133. The molecule has 0 spiro atoms. The third-order valence-electron chi connectivity index (χ3n) is 6.29. The molecule has 13 heteroatoms. The Labute approximate surface area is 217 Å². The van der Waals surface area contributed by atoms with Crippen molar-refractivity contribution in [3.05, 3.63) is 76.6 Å². The number of ether oxygens (including phenoxy) is 1. The maximum Gasteiger partial charge on any atom is 0.416 e. The monoisotopic (exact) mass is 548 g/mol. The highest BCUT2D eigenvalue weighted by atomic mass is 32.1. The molecule has 3 amide bonds. The minimum atomic E-state index is -2.95. The second-order valence-electron chi connectivity index (χ2n) is 8.89. The number of hydrogen-bond acceptors (Lipinski definition) is 6. The largest absolute Gasteiger partial charge is 0.446 e. The topological polar surface area (TPSA) is 91.8 Å². The van der Waals surface area contributed by atoms with Gasteiger partial charge in [0, 0.05) is 35.5 Å². The normalized spacial score (nSPS) is 19.4. The highest BCUT2D eigenvalue weighted by molar-refractivity contribution is 7.07. The number of halogens is 4. The summed E-state index contributed by atoms with van der Waals surface area (Å²) in [5.74, 6) is -6.26. The molecule has 0 radical (unpaired) electrons. The third-order valence-corrected chi connectivity index (χ3v) is 6.86. The van der Waals surface area contributed by atoms with Crippen LogP contribution >= 0.6 is 11.3 Å². The van der Waals surface area contributed by atoms with Crippen LogP contribution in [-0.4, -0.2) is 47.5 Å². The zero-order valence-electron chi connectivity index (χ0n) is 19.5. The van der Waals surface area contributed by atoms with Crippen molar-refractivity contribution in [3.63, 3.8) is 0 Å². The number of alkyl halides is 2. The third kappa shape index (κ3) is 4.93. The molecule has 2 aliphatic rings. The van der Waals surface area contributed by atoms with E-state index in [1.165, 1.54) is 41.2 Å². The summed E-state index contributed by atoms with van der Waals surface area (Å²) >= 11 is 1.16. The molecule has 2 atom stereocenters. The molecular weight excluding hydrogens is 528 g/mol. The Kier molecular flexibility index (Phi) is 6.78. The van der Waals surface area contributed by atoms with E-state index in [0.29, 0.717) is 0 Å². The van der Waals surface area contributed by atoms with Crippen molar-refractivity contribution in [2.45, 2.75) is 36.9 Å². The summed E-state index contributed by atoms with van der Waals surface area (Å²) in [7, 11) is 0. The van der Waals surface area contributed by atoms with E-state index >= 15 is 4.39 Å². The zero-order valence-corrected chi connectivity index (χ0v) is 20.3. The Bertz CT molecular complexity index is 1360. The van der Waals surface area contributed by atoms with Crippen molar-refractivity contribution >= 4 is 40.7 Å². The van der Waals surface area contributed by atoms with Crippen LogP contribution < -0.4 is 15.1 Å². The molecule has 38 heavy (non-hydrogen) atoms. The summed E-state index contributed by atoms with van der Waals surface area (Å²) in [5, 5.41) is 3.97. The van der Waals surface area contributed by atoms with Crippen LogP contribution in [0.4, 0.5) is 33.9 Å². The van der Waals surface area contributed by atoms with Gasteiger partial charge in [-0.05, 0) is 24.3 Å². The Hall–Kier alpha value is -4.00. The van der Waals surface area contributed by atoms with E-state index in [2.05, 4.69) is 10.3 Å². The molecule has 5 rings (SSSR count). The molecular formula is C25H20F4N4O4S. The predicted octanol–water partition coefficient (Wildman–Crippen LogP) is 4.43. The van der Waals surface area contributed by atoms with Gasteiger partial charge in [0.05, 0.1) is 5.51 Å². The zero-order chi connectivity index (χ0) is 27.0. The fraction of sp³-hybridized carbons (Fsp3) is 0.280. The van der Waals surface area contributed by atoms with E-state index in [-0.39, 0.29) is 17.1 Å². The van der Waals surface area contributed by atoms with Crippen LogP contribution in [0.5, 0.6) is 0 Å². The Morgan fingerprint density at radius 1 is 1.16 bits per heavy atom. The van der Waals surface area contributed by atoms with Crippen LogP contribution in [-0.2, 0) is 14.3 Å². The van der Waals surface area contributed by atoms with Crippen LogP contribution in [0.2, 0.25) is 0 Å². The average Bonchev–Trinajstić information content (AvgIpc) is 3.51. The van der Waals surface area contributed by atoms with Gasteiger partial charge in [0.2, 0.25) is 5.91 Å². The first-order valence-electron chi connectivity index (χ1n) is 11.5. The minimum Gasteiger partial charge on any atom is -0.446 e. The lowest BCUT2D eigenvalue weighted by atomic mass is 9.87. The van der Waals surface area contributed by atoms with Crippen LogP contribution in [0.3, 0.4) is 0 Å². The first-order valence-corrected chi connectivity index (χ1v) is 12.4. The van der Waals surface area contributed by atoms with Gasteiger partial charge >= 0.3 is 6.09 Å². The first-order chi connectivity index (χ1) is 18.1. The van der Waals surface area contributed by atoms with E-state index < -0.39 is 73.0 Å². The summed E-state index contributed by atoms with van der Waals surface area (Å²) in [6.07, 6.45) is -2.09. The number of cyclic esters (lactones) is 1. The number of nitrogens with zero attached hydrogens (tertiary/aromatic N) is 3. The number of rotatable bonds is 7. The summed E-state index contributed by atoms with van der Waals surface area (Å²) in [5.41, 5.74) is 1.07. The Morgan fingerprint density at radius 2 is 1.92 bits per heavy atom. The Balaban J connectivity index is 1.59. The van der Waals surface area contributed by atoms with Gasteiger partial charge in [0.25, 0.3) is 11.8 Å². The number of anilines is 2. The molecule has 2 aromatic carbocycles. The second-order valence-corrected chi connectivity index (χ2v) is 9.61. The number of benzene rings is 2. The summed E-state index contributed by atoms with van der Waals surface area (Å²) < 4.78 is 61.5. The highest BCUT2D eigenvalue weighted by Gasteiger charge is 2.49. The van der Waals surface area contributed by atoms with Crippen LogP contribution in [0, 0.1) is 11.6 Å². The molecule has 3 aromatic rings. The van der Waals surface area contributed by atoms with Gasteiger partial charge in [0.15, 0.2) is 6.04 Å². The summed E-state index contributed by atoms with van der Waals surface area (Å²) in [4.78, 5) is 46.1. The number of hydrogen-bond donors (Lipinski definition) is 1. The standard InChI is InChI=1S/C25H20F4N4O4S/c26-14-4-3-5-16(8-14)32(23(35)19-11-37-24(36)33(19)20-12-38-13-30-20)21(17-6-1-2-7-18(17)27)22(34)31-15-9-25(28,29)10-15/h1-8,12-13,15,19,21H,9-11H2,(H,31,34). The number of thiazole rings is 1. The van der Waals surface area contributed by atoms with Crippen LogP contribution in [0.25, 0.3) is 0 Å². The maximum absolute atomic E-state index is 15.1. The molecule has 2 heterocycles. The second kappa shape index (κ2) is 10.0. The van der Waals surface area contributed by atoms with Crippen molar-refractivity contribution in [3.8, 4) is 0 Å². The number of aromatic nitrogens is 1. The van der Waals surface area contributed by atoms with E-state index in [0.717, 1.165) is 39.3 Å². The highest BCUT2D eigenvalue weighted by Crippen LogP contribution is 2.39. The molecule has 1 aliphatic heterocycles. The average molecular weight is 549 g/mol. The van der Waals surface area contributed by atoms with Gasteiger partial charge in [-0.15, -0.1) is 11.3 Å². The molecule has 0 bridgehead atoms. The molecule has 198 valence electrons. The summed E-state index contributed by atoms with van der Waals surface area (Å²) in [6, 6.07) is 5.91. The van der Waals surface area contributed by atoms with E-state index in [1.807, 2.05) is 0 Å². The van der Waals surface area contributed by atoms with Crippen molar-refractivity contribution in [1.29, 1.82) is 0 Å². The van der Waals surface area contributed by atoms with Gasteiger partial charge < -0.3 is 10.1 Å². The quantitative estimate of drug-likeness (QED) is 0.441. The first kappa shape index (κ1) is 25.6. The van der Waals surface area contributed by atoms with Gasteiger partial charge in [-0.2, -0.15) is 0 Å². The van der Waals surface area contributed by atoms with Gasteiger partial charge in [-0.3, -0.25) is 14.5 Å². The minimum absolute atomic E-state index is 0.116. The van der Waals surface area contributed by atoms with Crippen LogP contribution in [0.15, 0.2) is 59.4 Å². The van der Waals surface area contributed by atoms with Crippen molar-refractivity contribution < 1.29 is 36.7 Å².